The maximum Gasteiger partial charge on any atom is 0.237 e. The van der Waals surface area contributed by atoms with Gasteiger partial charge in [-0.3, -0.25) is 9.69 Å². The number of benzene rings is 4. The molecule has 0 bridgehead atoms. The van der Waals surface area contributed by atoms with Crippen LogP contribution < -0.4 is 11.1 Å². The quantitative estimate of drug-likeness (QED) is 0.275. The molecule has 1 aromatic heterocycles. The molecule has 0 saturated carbocycles. The number of nitrogens with one attached hydrogen (secondary N) is 2. The van der Waals surface area contributed by atoms with Gasteiger partial charge in [0.15, 0.2) is 0 Å². The lowest BCUT2D eigenvalue weighted by atomic mass is 9.95. The second kappa shape index (κ2) is 10.7. The van der Waals surface area contributed by atoms with Crippen LogP contribution in [0.5, 0.6) is 0 Å². The van der Waals surface area contributed by atoms with Crippen LogP contribution in [0.15, 0.2) is 103 Å². The fraction of sp³-hybridized carbons (Fsp3) is 0.182. The van der Waals surface area contributed by atoms with Crippen LogP contribution in [0.2, 0.25) is 0 Å². The molecule has 2 heterocycles. The van der Waals surface area contributed by atoms with E-state index in [0.29, 0.717) is 32.6 Å². The number of amides is 1. The molecule has 0 saturated heterocycles. The van der Waals surface area contributed by atoms with Crippen LogP contribution in [0.4, 0.5) is 0 Å². The summed E-state index contributed by atoms with van der Waals surface area (Å²) in [7, 11) is 0. The zero-order valence-electron chi connectivity index (χ0n) is 21.4. The van der Waals surface area contributed by atoms with E-state index in [1.54, 1.807) is 0 Å². The number of carbonyl (C=O) groups is 1. The van der Waals surface area contributed by atoms with Crippen LogP contribution in [0, 0.1) is 0 Å². The number of H-pyrrole nitrogens is 1. The third-order valence-electron chi connectivity index (χ3n) is 7.58. The van der Waals surface area contributed by atoms with Crippen LogP contribution in [0.3, 0.4) is 0 Å². The summed E-state index contributed by atoms with van der Waals surface area (Å²) in [6.45, 7) is 2.42. The number of aromatic amines is 1. The highest BCUT2D eigenvalue weighted by atomic mass is 16.2. The Labute approximate surface area is 223 Å². The van der Waals surface area contributed by atoms with Crippen LogP contribution in [-0.4, -0.2) is 21.8 Å². The largest absolute Gasteiger partial charge is 0.357 e. The summed E-state index contributed by atoms with van der Waals surface area (Å²) < 4.78 is 0. The van der Waals surface area contributed by atoms with Crippen molar-refractivity contribution in [1.82, 2.24) is 15.2 Å². The molecular formula is C33H32N4O. The molecule has 4 aromatic carbocycles. The Morgan fingerprint density at radius 3 is 2.24 bits per heavy atom. The van der Waals surface area contributed by atoms with Gasteiger partial charge in [-0.2, -0.15) is 0 Å². The Hall–Kier alpha value is -4.19. The summed E-state index contributed by atoms with van der Waals surface area (Å²) in [4.78, 5) is 19.5. The molecule has 0 spiro atoms. The second-order valence-electron chi connectivity index (χ2n) is 10.1. The number of rotatable bonds is 7. The van der Waals surface area contributed by atoms with E-state index in [0.717, 1.165) is 16.6 Å². The summed E-state index contributed by atoms with van der Waals surface area (Å²) in [6.07, 6.45) is 0.680. The lowest BCUT2D eigenvalue weighted by Gasteiger charge is -2.35. The molecule has 1 aliphatic heterocycles. The summed E-state index contributed by atoms with van der Waals surface area (Å²) in [5.41, 5.74) is 15.1. The molecule has 0 fully saturated rings. The van der Waals surface area contributed by atoms with E-state index in [9.17, 15) is 4.79 Å². The maximum absolute atomic E-state index is 13.6. The number of para-hydroxylation sites is 1. The van der Waals surface area contributed by atoms with Crippen LogP contribution in [-0.2, 0) is 37.4 Å². The molecule has 4 N–H and O–H groups in total. The molecule has 1 aliphatic rings. The highest BCUT2D eigenvalue weighted by Crippen LogP contribution is 2.31. The summed E-state index contributed by atoms with van der Waals surface area (Å²) in [5, 5.41) is 4.41. The van der Waals surface area contributed by atoms with Gasteiger partial charge in [0, 0.05) is 42.8 Å². The Bertz CT molecular complexity index is 1540. The van der Waals surface area contributed by atoms with Crippen molar-refractivity contribution < 1.29 is 4.79 Å². The minimum Gasteiger partial charge on any atom is -0.357 e. The molecular weight excluding hydrogens is 468 g/mol. The summed E-state index contributed by atoms with van der Waals surface area (Å²) in [6, 6.07) is 35.3. The summed E-state index contributed by atoms with van der Waals surface area (Å²) in [5.74, 6) is 0.0599. The van der Waals surface area contributed by atoms with Crippen LogP contribution in [0.1, 0.15) is 27.9 Å². The van der Waals surface area contributed by atoms with Crippen LogP contribution in [0.25, 0.3) is 22.0 Å². The van der Waals surface area contributed by atoms with Crippen molar-refractivity contribution >= 4 is 16.8 Å². The Kier molecular flexibility index (Phi) is 6.78. The number of hydrogen-bond donors (Lipinski definition) is 3. The van der Waals surface area contributed by atoms with Gasteiger partial charge in [0.1, 0.15) is 0 Å². The topological polar surface area (TPSA) is 74.1 Å². The van der Waals surface area contributed by atoms with Gasteiger partial charge in [-0.1, -0.05) is 97.1 Å². The maximum atomic E-state index is 13.6. The molecule has 6 rings (SSSR count). The van der Waals surface area contributed by atoms with Gasteiger partial charge in [-0.25, -0.2) is 0 Å². The van der Waals surface area contributed by atoms with Crippen molar-refractivity contribution in [1.29, 1.82) is 0 Å². The predicted octanol–water partition coefficient (Wildman–Crippen LogP) is 5.54. The molecule has 1 unspecified atom stereocenters. The van der Waals surface area contributed by atoms with Gasteiger partial charge in [0.25, 0.3) is 0 Å². The number of fused-ring (bicyclic) bond motifs is 3. The van der Waals surface area contributed by atoms with E-state index in [2.05, 4.69) is 88.0 Å². The molecule has 0 aliphatic carbocycles. The van der Waals surface area contributed by atoms with Gasteiger partial charge in [-0.15, -0.1) is 0 Å². The number of nitrogens with two attached hydrogens (primary N) is 1. The van der Waals surface area contributed by atoms with Crippen molar-refractivity contribution in [2.24, 2.45) is 5.73 Å². The van der Waals surface area contributed by atoms with E-state index in [1.807, 2.05) is 30.3 Å². The first kappa shape index (κ1) is 24.2. The zero-order valence-corrected chi connectivity index (χ0v) is 21.4. The minimum atomic E-state index is -0.251. The molecule has 0 radical (unpaired) electrons. The smallest absolute Gasteiger partial charge is 0.237 e. The number of aromatic nitrogens is 1. The van der Waals surface area contributed by atoms with E-state index in [-0.39, 0.29) is 11.9 Å². The Morgan fingerprint density at radius 1 is 0.816 bits per heavy atom. The highest BCUT2D eigenvalue weighted by molar-refractivity contribution is 5.88. The van der Waals surface area contributed by atoms with Gasteiger partial charge >= 0.3 is 0 Å². The van der Waals surface area contributed by atoms with E-state index in [4.69, 9.17) is 5.73 Å². The molecule has 38 heavy (non-hydrogen) atoms. The van der Waals surface area contributed by atoms with E-state index < -0.39 is 0 Å². The normalized spacial score (nSPS) is 15.3. The fourth-order valence-electron chi connectivity index (χ4n) is 5.45. The SMILES string of the molecule is NCc1ccc(CNC(=O)C2Cc3c([nH]c4ccccc34)CN2Cc2ccc(-c3ccccc3)cc2)cc1. The summed E-state index contributed by atoms with van der Waals surface area (Å²) >= 11 is 0. The number of hydrogen-bond acceptors (Lipinski definition) is 3. The van der Waals surface area contributed by atoms with Crippen molar-refractivity contribution in [3.63, 3.8) is 0 Å². The number of carbonyl (C=O) groups excluding carboxylic acids is 1. The Balaban J connectivity index is 1.24. The lowest BCUT2D eigenvalue weighted by molar-refractivity contribution is -0.127. The first-order valence-corrected chi connectivity index (χ1v) is 13.2. The molecule has 5 aromatic rings. The minimum absolute atomic E-state index is 0.0599. The van der Waals surface area contributed by atoms with Gasteiger partial charge in [0.2, 0.25) is 5.91 Å². The van der Waals surface area contributed by atoms with Gasteiger partial charge < -0.3 is 16.0 Å². The Morgan fingerprint density at radius 2 is 1.47 bits per heavy atom. The zero-order chi connectivity index (χ0) is 25.9. The van der Waals surface area contributed by atoms with E-state index >= 15 is 0 Å². The number of nitrogens with zero attached hydrogens (tertiary/aromatic N) is 1. The first-order chi connectivity index (χ1) is 18.7. The van der Waals surface area contributed by atoms with Crippen LogP contribution >= 0.6 is 0 Å². The standard InChI is InChI=1S/C33H32N4O/c34-19-23-10-12-24(13-11-23)20-35-33(38)32-18-29-28-8-4-5-9-30(28)36-31(29)22-37(32)21-25-14-16-27(17-15-25)26-6-2-1-3-7-26/h1-17,32,36H,18-22,34H2,(H,35,38). The fourth-order valence-corrected chi connectivity index (χ4v) is 5.45. The first-order valence-electron chi connectivity index (χ1n) is 13.2. The van der Waals surface area contributed by atoms with Gasteiger partial charge in [-0.05, 0) is 45.9 Å². The monoisotopic (exact) mass is 500 g/mol. The molecule has 5 heteroatoms. The average Bonchev–Trinajstić information content (AvgIpc) is 3.34. The van der Waals surface area contributed by atoms with Crippen molar-refractivity contribution in [2.75, 3.05) is 0 Å². The van der Waals surface area contributed by atoms with Crippen molar-refractivity contribution in [3.8, 4) is 11.1 Å². The predicted molar refractivity (Wildman–Crippen MR) is 153 cm³/mol. The lowest BCUT2D eigenvalue weighted by Crippen LogP contribution is -2.49. The third kappa shape index (κ3) is 4.99. The molecule has 1 amide bonds. The van der Waals surface area contributed by atoms with Gasteiger partial charge in [0.05, 0.1) is 6.04 Å². The third-order valence-corrected chi connectivity index (χ3v) is 7.58. The highest BCUT2D eigenvalue weighted by Gasteiger charge is 2.33. The van der Waals surface area contributed by atoms with Crippen molar-refractivity contribution in [3.05, 3.63) is 131 Å². The molecule has 190 valence electrons. The average molecular weight is 501 g/mol. The molecule has 1 atom stereocenters. The van der Waals surface area contributed by atoms with Crippen molar-refractivity contribution in [2.45, 2.75) is 38.6 Å². The molecule has 5 nitrogen and oxygen atoms in total. The van der Waals surface area contributed by atoms with E-state index in [1.165, 1.54) is 33.3 Å². The second-order valence-corrected chi connectivity index (χ2v) is 10.1.